The highest BCUT2D eigenvalue weighted by Crippen LogP contribution is 2.33. The molecule has 0 bridgehead atoms. The maximum absolute atomic E-state index is 13.6. The molecule has 0 spiro atoms. The van der Waals surface area contributed by atoms with Crippen molar-refractivity contribution in [2.45, 2.75) is 44.2 Å². The van der Waals surface area contributed by atoms with Crippen molar-refractivity contribution in [3.63, 3.8) is 0 Å². The Hall–Kier alpha value is -1.26. The number of carbonyl (C=O) groups excluding carboxylic acids is 1. The van der Waals surface area contributed by atoms with Crippen LogP contribution in [0.2, 0.25) is 5.02 Å². The van der Waals surface area contributed by atoms with Gasteiger partial charge in [-0.15, -0.1) is 0 Å². The molecule has 2 unspecified atom stereocenters. The quantitative estimate of drug-likeness (QED) is 0.688. The fourth-order valence-corrected chi connectivity index (χ4v) is 6.36. The molecule has 4 rings (SSSR count). The summed E-state index contributed by atoms with van der Waals surface area (Å²) in [5.74, 6) is -0.226. The van der Waals surface area contributed by atoms with E-state index < -0.39 is 16.1 Å². The van der Waals surface area contributed by atoms with E-state index in [4.69, 9.17) is 16.3 Å². The minimum Gasteiger partial charge on any atom is -0.376 e. The molecule has 0 aliphatic carbocycles. The van der Waals surface area contributed by atoms with E-state index in [1.807, 2.05) is 12.1 Å². The molecule has 1 aromatic carbocycles. The summed E-state index contributed by atoms with van der Waals surface area (Å²) in [6.07, 6.45) is 5.05. The molecule has 10 heteroatoms. The largest absolute Gasteiger partial charge is 0.376 e. The molecule has 2 aromatic rings. The van der Waals surface area contributed by atoms with Gasteiger partial charge in [0.1, 0.15) is 6.04 Å². The van der Waals surface area contributed by atoms with Crippen LogP contribution in [0, 0.1) is 0 Å². The van der Waals surface area contributed by atoms with Crippen LogP contribution in [0.5, 0.6) is 0 Å². The number of benzene rings is 1. The van der Waals surface area contributed by atoms with Crippen LogP contribution in [0.1, 0.15) is 32.1 Å². The Bertz CT molecular complexity index is 1000. The first-order chi connectivity index (χ1) is 13.8. The molecule has 3 heterocycles. The number of carbonyl (C=O) groups is 1. The second-order valence-corrected chi connectivity index (χ2v) is 11.0. The highest BCUT2D eigenvalue weighted by atomic mass is 35.5. The predicted octanol–water partition coefficient (Wildman–Crippen LogP) is 3.28. The number of hydrogen-bond donors (Lipinski definition) is 0. The van der Waals surface area contributed by atoms with Gasteiger partial charge in [-0.25, -0.2) is 13.4 Å². The van der Waals surface area contributed by atoms with Crippen molar-refractivity contribution < 1.29 is 17.9 Å². The van der Waals surface area contributed by atoms with Crippen molar-refractivity contribution >= 4 is 54.2 Å². The summed E-state index contributed by atoms with van der Waals surface area (Å²) in [4.78, 5) is 19.9. The number of hydrogen-bond acceptors (Lipinski definition) is 6. The van der Waals surface area contributed by atoms with Gasteiger partial charge in [0.2, 0.25) is 15.9 Å². The molecule has 2 fully saturated rings. The highest BCUT2D eigenvalue weighted by Gasteiger charge is 2.39. The number of nitrogens with zero attached hydrogens (tertiary/aromatic N) is 3. The van der Waals surface area contributed by atoms with Crippen LogP contribution in [-0.2, 0) is 19.6 Å². The molecule has 7 nitrogen and oxygen atoms in total. The van der Waals surface area contributed by atoms with Crippen molar-refractivity contribution in [2.75, 3.05) is 30.9 Å². The number of sulfonamides is 1. The summed E-state index contributed by atoms with van der Waals surface area (Å²) in [6.45, 7) is 1.43. The number of ether oxygens (including phenoxy) is 1. The molecule has 2 saturated heterocycles. The summed E-state index contributed by atoms with van der Waals surface area (Å²) in [5, 5.41) is 1.17. The molecule has 2 aliphatic rings. The molecule has 0 saturated carbocycles. The number of rotatable bonds is 5. The first-order valence-electron chi connectivity index (χ1n) is 9.79. The second kappa shape index (κ2) is 8.47. The molecule has 158 valence electrons. The molecular formula is C19H24ClN3O4S2. The van der Waals surface area contributed by atoms with Gasteiger partial charge in [0.15, 0.2) is 5.13 Å². The molecule has 2 atom stereocenters. The van der Waals surface area contributed by atoms with E-state index in [-0.39, 0.29) is 12.0 Å². The fraction of sp³-hybridized carbons (Fsp3) is 0.579. The van der Waals surface area contributed by atoms with Gasteiger partial charge in [-0.05, 0) is 43.9 Å². The van der Waals surface area contributed by atoms with E-state index in [1.54, 1.807) is 11.0 Å². The number of anilines is 1. The number of halogens is 1. The van der Waals surface area contributed by atoms with E-state index in [0.29, 0.717) is 36.3 Å². The maximum atomic E-state index is 13.6. The number of fused-ring (bicyclic) bond motifs is 1. The Morgan fingerprint density at radius 2 is 2.17 bits per heavy atom. The van der Waals surface area contributed by atoms with Crippen LogP contribution in [-0.4, -0.2) is 61.7 Å². The van der Waals surface area contributed by atoms with E-state index in [0.717, 1.165) is 35.9 Å². The number of aromatic nitrogens is 1. The van der Waals surface area contributed by atoms with E-state index >= 15 is 0 Å². The first-order valence-corrected chi connectivity index (χ1v) is 12.8. The number of amides is 1. The van der Waals surface area contributed by atoms with Crippen molar-refractivity contribution in [3.8, 4) is 0 Å². The maximum Gasteiger partial charge on any atom is 0.247 e. The zero-order valence-corrected chi connectivity index (χ0v) is 18.6. The third-order valence-electron chi connectivity index (χ3n) is 5.41. The molecule has 0 radical (unpaired) electrons. The molecule has 1 aromatic heterocycles. The van der Waals surface area contributed by atoms with E-state index in [2.05, 4.69) is 4.98 Å². The van der Waals surface area contributed by atoms with Crippen LogP contribution >= 0.6 is 22.9 Å². The van der Waals surface area contributed by atoms with Crippen LogP contribution in [0.3, 0.4) is 0 Å². The molecule has 1 amide bonds. The monoisotopic (exact) mass is 457 g/mol. The van der Waals surface area contributed by atoms with Gasteiger partial charge < -0.3 is 4.74 Å². The summed E-state index contributed by atoms with van der Waals surface area (Å²) < 4.78 is 32.6. The third kappa shape index (κ3) is 4.59. The standard InChI is InChI=1S/C19H24ClN3O4S2/c1-29(25,26)23-9-3-2-6-16(23)18(24)22(12-14-5-4-10-27-14)19-21-15-8-7-13(20)11-17(15)28-19/h7-8,11,14,16H,2-6,9-10,12H2,1H3. The van der Waals surface area contributed by atoms with Gasteiger partial charge in [0, 0.05) is 18.2 Å². The lowest BCUT2D eigenvalue weighted by molar-refractivity contribution is -0.123. The molecule has 29 heavy (non-hydrogen) atoms. The number of thiazole rings is 1. The van der Waals surface area contributed by atoms with Crippen LogP contribution in [0.15, 0.2) is 18.2 Å². The Morgan fingerprint density at radius 1 is 1.34 bits per heavy atom. The lowest BCUT2D eigenvalue weighted by Gasteiger charge is -2.35. The van der Waals surface area contributed by atoms with Gasteiger partial charge >= 0.3 is 0 Å². The van der Waals surface area contributed by atoms with Crippen LogP contribution < -0.4 is 4.90 Å². The molecule has 2 aliphatic heterocycles. The topological polar surface area (TPSA) is 79.8 Å². The summed E-state index contributed by atoms with van der Waals surface area (Å²) >= 11 is 7.49. The normalized spacial score (nSPS) is 23.5. The predicted molar refractivity (Wildman–Crippen MR) is 115 cm³/mol. The summed E-state index contributed by atoms with van der Waals surface area (Å²) in [5.41, 5.74) is 0.767. The number of piperidine rings is 1. The van der Waals surface area contributed by atoms with Gasteiger partial charge in [-0.1, -0.05) is 29.4 Å². The lowest BCUT2D eigenvalue weighted by atomic mass is 10.0. The second-order valence-electron chi connectivity index (χ2n) is 7.58. The van der Waals surface area contributed by atoms with E-state index in [1.165, 1.54) is 21.9 Å². The summed E-state index contributed by atoms with van der Waals surface area (Å²) in [6, 6.07) is 4.73. The lowest BCUT2D eigenvalue weighted by Crippen LogP contribution is -2.54. The van der Waals surface area contributed by atoms with Gasteiger partial charge in [0.25, 0.3) is 0 Å². The fourth-order valence-electron chi connectivity index (χ4n) is 3.98. The van der Waals surface area contributed by atoms with Crippen molar-refractivity contribution in [1.82, 2.24) is 9.29 Å². The molecule has 0 N–H and O–H groups in total. The third-order valence-corrected chi connectivity index (χ3v) is 7.98. The Balaban J connectivity index is 1.69. The van der Waals surface area contributed by atoms with Crippen LogP contribution in [0.25, 0.3) is 10.2 Å². The Kier molecular flexibility index (Phi) is 6.13. The van der Waals surface area contributed by atoms with Crippen molar-refractivity contribution in [1.29, 1.82) is 0 Å². The minimum absolute atomic E-state index is 0.0650. The van der Waals surface area contributed by atoms with Gasteiger partial charge in [0.05, 0.1) is 29.1 Å². The summed E-state index contributed by atoms with van der Waals surface area (Å²) in [7, 11) is -3.47. The Labute approximate surface area is 179 Å². The Morgan fingerprint density at radius 3 is 2.90 bits per heavy atom. The smallest absolute Gasteiger partial charge is 0.247 e. The molecular weight excluding hydrogens is 434 g/mol. The van der Waals surface area contributed by atoms with Crippen LogP contribution in [0.4, 0.5) is 5.13 Å². The SMILES string of the molecule is CS(=O)(=O)N1CCCCC1C(=O)N(CC1CCCO1)c1nc2ccc(Cl)cc2s1. The minimum atomic E-state index is -3.47. The first kappa shape index (κ1) is 21.0. The van der Waals surface area contributed by atoms with Crippen molar-refractivity contribution in [3.05, 3.63) is 23.2 Å². The average molecular weight is 458 g/mol. The zero-order valence-electron chi connectivity index (χ0n) is 16.2. The van der Waals surface area contributed by atoms with Crippen molar-refractivity contribution in [2.24, 2.45) is 0 Å². The van der Waals surface area contributed by atoms with Gasteiger partial charge in [-0.2, -0.15) is 4.31 Å². The highest BCUT2D eigenvalue weighted by molar-refractivity contribution is 7.88. The average Bonchev–Trinajstić information content (AvgIpc) is 3.34. The van der Waals surface area contributed by atoms with Gasteiger partial charge in [-0.3, -0.25) is 9.69 Å². The van der Waals surface area contributed by atoms with E-state index in [9.17, 15) is 13.2 Å². The zero-order chi connectivity index (χ0) is 20.6.